The standard InChI is InChI=1S/C24H20BrClN4O2S/c1-14-5-3-6-17(26)21(14)30-23(31)22-18(13-15-9-11-16(32-2)12-10-15)27-24(33-22)29-20-8-4-7-19(25)28-20/h3-12H,13H2,1-2H3,(H,30,31)(H,27,28,29). The van der Waals surface area contributed by atoms with Gasteiger partial charge in [-0.25, -0.2) is 9.97 Å². The lowest BCUT2D eigenvalue weighted by atomic mass is 10.1. The molecule has 0 atom stereocenters. The van der Waals surface area contributed by atoms with Gasteiger partial charge < -0.3 is 15.4 Å². The maximum Gasteiger partial charge on any atom is 0.267 e. The maximum absolute atomic E-state index is 13.3. The fourth-order valence-corrected chi connectivity index (χ4v) is 4.68. The van der Waals surface area contributed by atoms with Gasteiger partial charge in [0.15, 0.2) is 5.13 Å². The molecular formula is C24H20BrClN4O2S. The van der Waals surface area contributed by atoms with Gasteiger partial charge in [0.05, 0.1) is 23.5 Å². The second-order valence-corrected chi connectivity index (χ2v) is 9.39. The highest BCUT2D eigenvalue weighted by molar-refractivity contribution is 9.10. The molecule has 168 valence electrons. The van der Waals surface area contributed by atoms with Crippen LogP contribution in [0.1, 0.15) is 26.5 Å². The molecule has 2 heterocycles. The molecule has 6 nitrogen and oxygen atoms in total. The second-order valence-electron chi connectivity index (χ2n) is 7.18. The normalized spacial score (nSPS) is 10.7. The number of aromatic nitrogens is 2. The lowest BCUT2D eigenvalue weighted by Gasteiger charge is -2.10. The van der Waals surface area contributed by atoms with Crippen LogP contribution in [0.5, 0.6) is 5.75 Å². The maximum atomic E-state index is 13.3. The first kappa shape index (κ1) is 23.2. The molecule has 9 heteroatoms. The molecule has 0 aliphatic heterocycles. The number of hydrogen-bond donors (Lipinski definition) is 2. The van der Waals surface area contributed by atoms with Gasteiger partial charge in [0, 0.05) is 6.42 Å². The van der Waals surface area contributed by atoms with Crippen molar-refractivity contribution >= 4 is 61.4 Å². The molecule has 2 N–H and O–H groups in total. The van der Waals surface area contributed by atoms with Gasteiger partial charge in [0.1, 0.15) is 21.0 Å². The van der Waals surface area contributed by atoms with E-state index in [1.807, 2.05) is 61.5 Å². The number of thiazole rings is 1. The van der Waals surface area contributed by atoms with Crippen molar-refractivity contribution in [3.8, 4) is 5.75 Å². The van der Waals surface area contributed by atoms with Crippen LogP contribution in [-0.4, -0.2) is 23.0 Å². The van der Waals surface area contributed by atoms with Crippen LogP contribution in [0, 0.1) is 6.92 Å². The van der Waals surface area contributed by atoms with E-state index in [9.17, 15) is 4.79 Å². The first-order valence-electron chi connectivity index (χ1n) is 10.0. The molecule has 4 rings (SSSR count). The SMILES string of the molecule is COc1ccc(Cc2nc(Nc3cccc(Br)n3)sc2C(=O)Nc2c(C)cccc2Cl)cc1. The fraction of sp³-hybridized carbons (Fsp3) is 0.125. The monoisotopic (exact) mass is 542 g/mol. The highest BCUT2D eigenvalue weighted by Crippen LogP contribution is 2.31. The van der Waals surface area contributed by atoms with Gasteiger partial charge in [-0.2, -0.15) is 0 Å². The van der Waals surface area contributed by atoms with E-state index in [2.05, 4.69) is 31.5 Å². The fourth-order valence-electron chi connectivity index (χ4n) is 3.19. The number of carbonyl (C=O) groups is 1. The zero-order valence-corrected chi connectivity index (χ0v) is 21.0. The third kappa shape index (κ3) is 5.71. The van der Waals surface area contributed by atoms with Crippen molar-refractivity contribution in [2.75, 3.05) is 17.7 Å². The number of pyridine rings is 1. The molecule has 4 aromatic rings. The summed E-state index contributed by atoms with van der Waals surface area (Å²) in [5, 5.41) is 7.21. The summed E-state index contributed by atoms with van der Waals surface area (Å²) in [4.78, 5) is 22.9. The van der Waals surface area contributed by atoms with Gasteiger partial charge >= 0.3 is 0 Å². The molecule has 0 fully saturated rings. The number of carbonyl (C=O) groups excluding carboxylic acids is 1. The summed E-state index contributed by atoms with van der Waals surface area (Å²) in [7, 11) is 1.63. The number of nitrogens with zero attached hydrogens (tertiary/aromatic N) is 2. The Morgan fingerprint density at radius 3 is 2.55 bits per heavy atom. The molecule has 0 bridgehead atoms. The quantitative estimate of drug-likeness (QED) is 0.249. The van der Waals surface area contributed by atoms with Gasteiger partial charge in [-0.05, 0) is 64.3 Å². The van der Waals surface area contributed by atoms with E-state index in [1.54, 1.807) is 13.2 Å². The highest BCUT2D eigenvalue weighted by atomic mass is 79.9. The molecule has 2 aromatic heterocycles. The third-order valence-corrected chi connectivity index (χ3v) is 6.61. The average Bonchev–Trinajstić information content (AvgIpc) is 3.19. The Labute approximate surface area is 209 Å². The lowest BCUT2D eigenvalue weighted by Crippen LogP contribution is -2.14. The molecule has 1 amide bonds. The Bertz CT molecular complexity index is 1270. The Morgan fingerprint density at radius 2 is 1.85 bits per heavy atom. The number of ether oxygens (including phenoxy) is 1. The van der Waals surface area contributed by atoms with E-state index >= 15 is 0 Å². The van der Waals surface area contributed by atoms with E-state index in [1.165, 1.54) is 11.3 Å². The number of amides is 1. The average molecular weight is 544 g/mol. The topological polar surface area (TPSA) is 76.1 Å². The zero-order valence-electron chi connectivity index (χ0n) is 17.9. The van der Waals surface area contributed by atoms with Crippen molar-refractivity contribution in [1.82, 2.24) is 9.97 Å². The molecule has 0 saturated carbocycles. The summed E-state index contributed by atoms with van der Waals surface area (Å²) >= 11 is 11.0. The number of benzene rings is 2. The van der Waals surface area contributed by atoms with Crippen LogP contribution in [0.15, 0.2) is 65.3 Å². The lowest BCUT2D eigenvalue weighted by molar-refractivity contribution is 0.102. The first-order chi connectivity index (χ1) is 15.9. The van der Waals surface area contributed by atoms with Crippen LogP contribution in [0.4, 0.5) is 16.6 Å². The molecule has 0 aliphatic carbocycles. The Morgan fingerprint density at radius 1 is 1.09 bits per heavy atom. The molecule has 0 radical (unpaired) electrons. The summed E-state index contributed by atoms with van der Waals surface area (Å²) in [5.41, 5.74) is 3.14. The van der Waals surface area contributed by atoms with Crippen molar-refractivity contribution in [2.45, 2.75) is 13.3 Å². The summed E-state index contributed by atoms with van der Waals surface area (Å²) in [6, 6.07) is 18.7. The number of hydrogen-bond acceptors (Lipinski definition) is 6. The third-order valence-electron chi connectivity index (χ3n) is 4.84. The van der Waals surface area contributed by atoms with Gasteiger partial charge in [-0.3, -0.25) is 4.79 Å². The predicted molar refractivity (Wildman–Crippen MR) is 137 cm³/mol. The molecule has 33 heavy (non-hydrogen) atoms. The largest absolute Gasteiger partial charge is 0.497 e. The minimum Gasteiger partial charge on any atom is -0.497 e. The predicted octanol–water partition coefficient (Wildman–Crippen LogP) is 6.86. The molecule has 0 unspecified atom stereocenters. The van der Waals surface area contributed by atoms with E-state index in [0.717, 1.165) is 16.9 Å². The van der Waals surface area contributed by atoms with Crippen molar-refractivity contribution in [3.63, 3.8) is 0 Å². The number of aryl methyl sites for hydroxylation is 1. The Hall–Kier alpha value is -2.94. The Balaban J connectivity index is 1.66. The second kappa shape index (κ2) is 10.3. The summed E-state index contributed by atoms with van der Waals surface area (Å²) < 4.78 is 5.94. The number of halogens is 2. The van der Waals surface area contributed by atoms with Gasteiger partial charge in [-0.1, -0.05) is 53.3 Å². The smallest absolute Gasteiger partial charge is 0.267 e. The number of methoxy groups -OCH3 is 1. The molecule has 0 saturated heterocycles. The summed E-state index contributed by atoms with van der Waals surface area (Å²) in [5.74, 6) is 1.14. The van der Waals surface area contributed by atoms with Crippen molar-refractivity contribution in [1.29, 1.82) is 0 Å². The van der Waals surface area contributed by atoms with E-state index < -0.39 is 0 Å². The van der Waals surface area contributed by atoms with Crippen LogP contribution < -0.4 is 15.4 Å². The van der Waals surface area contributed by atoms with Crippen molar-refractivity contribution in [2.24, 2.45) is 0 Å². The Kier molecular flexibility index (Phi) is 7.27. The number of para-hydroxylation sites is 1. The molecule has 0 aliphatic rings. The van der Waals surface area contributed by atoms with Gasteiger partial charge in [0.25, 0.3) is 5.91 Å². The van der Waals surface area contributed by atoms with Crippen LogP contribution in [0.25, 0.3) is 0 Å². The van der Waals surface area contributed by atoms with E-state index in [0.29, 0.717) is 43.3 Å². The molecule has 0 spiro atoms. The van der Waals surface area contributed by atoms with Crippen molar-refractivity contribution < 1.29 is 9.53 Å². The van der Waals surface area contributed by atoms with Crippen molar-refractivity contribution in [3.05, 3.63) is 92.0 Å². The minimum absolute atomic E-state index is 0.262. The highest BCUT2D eigenvalue weighted by Gasteiger charge is 2.20. The summed E-state index contributed by atoms with van der Waals surface area (Å²) in [6.07, 6.45) is 0.484. The summed E-state index contributed by atoms with van der Waals surface area (Å²) in [6.45, 7) is 1.90. The number of anilines is 3. The van der Waals surface area contributed by atoms with E-state index in [4.69, 9.17) is 21.3 Å². The molecule has 2 aromatic carbocycles. The van der Waals surface area contributed by atoms with Crippen LogP contribution in [0.2, 0.25) is 5.02 Å². The van der Waals surface area contributed by atoms with Crippen LogP contribution >= 0.6 is 38.9 Å². The number of rotatable bonds is 7. The van der Waals surface area contributed by atoms with Gasteiger partial charge in [0.2, 0.25) is 0 Å². The van der Waals surface area contributed by atoms with Crippen LogP contribution in [0.3, 0.4) is 0 Å². The van der Waals surface area contributed by atoms with Gasteiger partial charge in [-0.15, -0.1) is 0 Å². The molecular weight excluding hydrogens is 524 g/mol. The van der Waals surface area contributed by atoms with Crippen LogP contribution in [-0.2, 0) is 6.42 Å². The van der Waals surface area contributed by atoms with E-state index in [-0.39, 0.29) is 5.91 Å². The number of nitrogens with one attached hydrogen (secondary N) is 2. The first-order valence-corrected chi connectivity index (χ1v) is 12.0. The minimum atomic E-state index is -0.262. The zero-order chi connectivity index (χ0) is 23.4.